The molecule has 0 bridgehead atoms. The Morgan fingerprint density at radius 3 is 2.31 bits per heavy atom. The van der Waals surface area contributed by atoms with Crippen molar-refractivity contribution >= 4 is 11.9 Å². The fourth-order valence-corrected chi connectivity index (χ4v) is 2.75. The molecule has 2 atom stereocenters. The molecule has 1 fully saturated rings. The molecule has 0 aromatic rings. The van der Waals surface area contributed by atoms with Crippen molar-refractivity contribution in [3.63, 3.8) is 0 Å². The summed E-state index contributed by atoms with van der Waals surface area (Å²) in [6.45, 7) is 3.26. The Balaban J connectivity index is 3.20. The minimum Gasteiger partial charge on any atom is -0.481 e. The Morgan fingerprint density at radius 1 is 1.44 bits per heavy atom. The van der Waals surface area contributed by atoms with Crippen LogP contribution >= 0.6 is 0 Å². The summed E-state index contributed by atoms with van der Waals surface area (Å²) in [4.78, 5) is 22.4. The van der Waals surface area contributed by atoms with Crippen LogP contribution in [-0.4, -0.2) is 22.2 Å². The van der Waals surface area contributed by atoms with Crippen LogP contribution in [0.4, 0.5) is 0 Å². The highest BCUT2D eigenvalue weighted by molar-refractivity contribution is 5.80. The van der Waals surface area contributed by atoms with Gasteiger partial charge in [-0.25, -0.2) is 0 Å². The van der Waals surface area contributed by atoms with E-state index in [0.29, 0.717) is 6.42 Å². The van der Waals surface area contributed by atoms with E-state index in [0.717, 1.165) is 0 Å². The molecule has 1 aliphatic carbocycles. The van der Waals surface area contributed by atoms with Gasteiger partial charge in [0.25, 0.3) is 0 Å². The smallest absolute Gasteiger partial charge is 0.311 e. The first-order valence-corrected chi connectivity index (χ1v) is 5.13. The van der Waals surface area contributed by atoms with Crippen molar-refractivity contribution in [1.29, 1.82) is 5.26 Å². The molecule has 1 rings (SSSR count). The number of hydrogen-bond acceptors (Lipinski definition) is 3. The van der Waals surface area contributed by atoms with E-state index >= 15 is 0 Å². The molecule has 88 valence electrons. The maximum atomic E-state index is 11.4. The van der Waals surface area contributed by atoms with Crippen molar-refractivity contribution in [2.45, 2.75) is 33.1 Å². The summed E-state index contributed by atoms with van der Waals surface area (Å²) >= 11 is 0. The Hall–Kier alpha value is -1.57. The van der Waals surface area contributed by atoms with Crippen LogP contribution in [0.1, 0.15) is 33.1 Å². The zero-order valence-corrected chi connectivity index (χ0v) is 9.36. The number of hydrogen-bond donors (Lipinski definition) is 2. The van der Waals surface area contributed by atoms with Gasteiger partial charge >= 0.3 is 11.9 Å². The number of carbonyl (C=O) groups is 2. The fraction of sp³-hybridized carbons (Fsp3) is 0.727. The first kappa shape index (κ1) is 12.5. The molecule has 0 heterocycles. The van der Waals surface area contributed by atoms with E-state index in [4.69, 9.17) is 10.4 Å². The quantitative estimate of drug-likeness (QED) is 0.758. The first-order valence-electron chi connectivity index (χ1n) is 5.13. The highest BCUT2D eigenvalue weighted by atomic mass is 16.4. The van der Waals surface area contributed by atoms with Gasteiger partial charge in [0.15, 0.2) is 0 Å². The molecule has 5 heteroatoms. The number of rotatable bonds is 3. The molecule has 0 aliphatic heterocycles. The van der Waals surface area contributed by atoms with Crippen LogP contribution < -0.4 is 0 Å². The lowest BCUT2D eigenvalue weighted by Crippen LogP contribution is -2.44. The molecule has 0 radical (unpaired) electrons. The van der Waals surface area contributed by atoms with Gasteiger partial charge in [0.2, 0.25) is 0 Å². The summed E-state index contributed by atoms with van der Waals surface area (Å²) in [5, 5.41) is 27.1. The van der Waals surface area contributed by atoms with Crippen LogP contribution in [-0.2, 0) is 9.59 Å². The SMILES string of the molecule is CC1(C)C(C(=O)O)CCC1(CC#N)C(=O)O. The van der Waals surface area contributed by atoms with Crippen molar-refractivity contribution in [3.8, 4) is 6.07 Å². The lowest BCUT2D eigenvalue weighted by molar-refractivity contribution is -0.159. The zero-order chi connectivity index (χ0) is 12.6. The first-order chi connectivity index (χ1) is 7.29. The maximum Gasteiger partial charge on any atom is 0.311 e. The van der Waals surface area contributed by atoms with Crippen LogP contribution in [0.2, 0.25) is 0 Å². The standard InChI is InChI=1S/C11H15NO4/c1-10(2)7(8(13)14)3-4-11(10,5-6-12)9(15)16/h7H,3-5H2,1-2H3,(H,13,14)(H,15,16). The predicted molar refractivity (Wildman–Crippen MR) is 54.4 cm³/mol. The Morgan fingerprint density at radius 2 is 2.00 bits per heavy atom. The molecule has 0 aromatic carbocycles. The molecule has 1 saturated carbocycles. The summed E-state index contributed by atoms with van der Waals surface area (Å²) in [6.07, 6.45) is 0.426. The maximum absolute atomic E-state index is 11.4. The van der Waals surface area contributed by atoms with Crippen LogP contribution in [0, 0.1) is 28.1 Å². The van der Waals surface area contributed by atoms with Crippen molar-refractivity contribution < 1.29 is 19.8 Å². The molecular formula is C11H15NO4. The van der Waals surface area contributed by atoms with E-state index in [1.54, 1.807) is 13.8 Å². The second-order valence-corrected chi connectivity index (χ2v) is 4.87. The summed E-state index contributed by atoms with van der Waals surface area (Å²) in [7, 11) is 0. The highest BCUT2D eigenvalue weighted by Gasteiger charge is 2.61. The van der Waals surface area contributed by atoms with E-state index in [1.165, 1.54) is 0 Å². The van der Waals surface area contributed by atoms with Crippen molar-refractivity contribution in [2.24, 2.45) is 16.7 Å². The molecule has 5 nitrogen and oxygen atoms in total. The molecule has 0 saturated heterocycles. The normalized spacial score (nSPS) is 31.9. The summed E-state index contributed by atoms with van der Waals surface area (Å²) in [5.74, 6) is -2.74. The van der Waals surface area contributed by atoms with Gasteiger partial charge in [-0.1, -0.05) is 13.8 Å². The van der Waals surface area contributed by atoms with Gasteiger partial charge in [0, 0.05) is 0 Å². The second kappa shape index (κ2) is 3.78. The topological polar surface area (TPSA) is 98.4 Å². The predicted octanol–water partition coefficient (Wildman–Crippen LogP) is 1.49. The lowest BCUT2D eigenvalue weighted by Gasteiger charge is -2.38. The molecule has 0 spiro atoms. The molecule has 0 aromatic heterocycles. The number of nitriles is 1. The zero-order valence-electron chi connectivity index (χ0n) is 9.36. The third-order valence-corrected chi connectivity index (χ3v) is 4.05. The molecule has 2 N–H and O–H groups in total. The Bertz CT molecular complexity index is 369. The van der Waals surface area contributed by atoms with Gasteiger partial charge in [0.1, 0.15) is 0 Å². The minimum atomic E-state index is -1.23. The average Bonchev–Trinajstić information content (AvgIpc) is 2.39. The third-order valence-electron chi connectivity index (χ3n) is 4.05. The van der Waals surface area contributed by atoms with Crippen molar-refractivity contribution in [2.75, 3.05) is 0 Å². The number of carboxylic acid groups (broad SMARTS) is 2. The average molecular weight is 225 g/mol. The minimum absolute atomic E-state index is 0.140. The van der Waals surface area contributed by atoms with Gasteiger partial charge in [-0.3, -0.25) is 9.59 Å². The van der Waals surface area contributed by atoms with Gasteiger partial charge in [-0.2, -0.15) is 5.26 Å². The summed E-state index contributed by atoms with van der Waals surface area (Å²) in [5.41, 5.74) is -2.13. The number of nitrogens with zero attached hydrogens (tertiary/aromatic N) is 1. The highest BCUT2D eigenvalue weighted by Crippen LogP contribution is 2.58. The van der Waals surface area contributed by atoms with E-state index in [9.17, 15) is 14.7 Å². The molecule has 1 aliphatic rings. The Kier molecular flexibility index (Phi) is 2.95. The Labute approximate surface area is 93.7 Å². The van der Waals surface area contributed by atoms with Crippen molar-refractivity contribution in [1.82, 2.24) is 0 Å². The van der Waals surface area contributed by atoms with Crippen molar-refractivity contribution in [3.05, 3.63) is 0 Å². The van der Waals surface area contributed by atoms with E-state index < -0.39 is 28.7 Å². The van der Waals surface area contributed by atoms with E-state index in [2.05, 4.69) is 0 Å². The van der Waals surface area contributed by atoms with Gasteiger partial charge < -0.3 is 10.2 Å². The summed E-state index contributed by atoms with van der Waals surface area (Å²) < 4.78 is 0. The largest absolute Gasteiger partial charge is 0.481 e. The van der Waals surface area contributed by atoms with Gasteiger partial charge in [-0.15, -0.1) is 0 Å². The monoisotopic (exact) mass is 225 g/mol. The second-order valence-electron chi connectivity index (χ2n) is 4.87. The molecule has 2 unspecified atom stereocenters. The van der Waals surface area contributed by atoms with Crippen LogP contribution in [0.3, 0.4) is 0 Å². The number of aliphatic carboxylic acids is 2. The summed E-state index contributed by atoms with van der Waals surface area (Å²) in [6, 6.07) is 1.87. The fourth-order valence-electron chi connectivity index (χ4n) is 2.75. The van der Waals surface area contributed by atoms with Crippen LogP contribution in [0.15, 0.2) is 0 Å². The van der Waals surface area contributed by atoms with E-state index in [-0.39, 0.29) is 12.8 Å². The molecular weight excluding hydrogens is 210 g/mol. The lowest BCUT2D eigenvalue weighted by atomic mass is 9.63. The van der Waals surface area contributed by atoms with Gasteiger partial charge in [-0.05, 0) is 18.3 Å². The van der Waals surface area contributed by atoms with Crippen LogP contribution in [0.5, 0.6) is 0 Å². The van der Waals surface area contributed by atoms with Crippen LogP contribution in [0.25, 0.3) is 0 Å². The third kappa shape index (κ3) is 1.45. The number of carboxylic acids is 2. The van der Waals surface area contributed by atoms with E-state index in [1.807, 2.05) is 6.07 Å². The molecule has 16 heavy (non-hydrogen) atoms. The molecule has 0 amide bonds. The van der Waals surface area contributed by atoms with Gasteiger partial charge in [0.05, 0.1) is 23.8 Å².